The molecule has 1 atom stereocenters. The Labute approximate surface area is 142 Å². The number of hydrogen-bond acceptors (Lipinski definition) is 4. The third-order valence-corrected chi connectivity index (χ3v) is 6.84. The van der Waals surface area contributed by atoms with Crippen molar-refractivity contribution in [3.8, 4) is 0 Å². The summed E-state index contributed by atoms with van der Waals surface area (Å²) in [5.41, 5.74) is 0.520. The number of thioether (sulfide) groups is 1. The van der Waals surface area contributed by atoms with E-state index in [0.717, 1.165) is 25.7 Å². The van der Waals surface area contributed by atoms with Crippen LogP contribution in [0, 0.1) is 0 Å². The summed E-state index contributed by atoms with van der Waals surface area (Å²) in [5, 5.41) is 2.60. The quantitative estimate of drug-likeness (QED) is 0.881. The van der Waals surface area contributed by atoms with Gasteiger partial charge in [0, 0.05) is 18.8 Å². The first kappa shape index (κ1) is 18.3. The van der Waals surface area contributed by atoms with E-state index in [1.165, 1.54) is 11.8 Å². The van der Waals surface area contributed by atoms with Crippen molar-refractivity contribution in [3.63, 3.8) is 0 Å². The third kappa shape index (κ3) is 4.71. The summed E-state index contributed by atoms with van der Waals surface area (Å²) in [6, 6.07) is 6.52. The molecule has 0 radical (unpaired) electrons. The van der Waals surface area contributed by atoms with Gasteiger partial charge in [0.25, 0.3) is 0 Å². The second kappa shape index (κ2) is 8.17. The molecule has 0 saturated carbocycles. The van der Waals surface area contributed by atoms with Crippen molar-refractivity contribution < 1.29 is 13.2 Å². The number of nitrogens with one attached hydrogen (secondary N) is 1. The van der Waals surface area contributed by atoms with Crippen LogP contribution in [0.2, 0.25) is 0 Å². The number of carbonyl (C=O) groups excluding carboxylic acids is 1. The summed E-state index contributed by atoms with van der Waals surface area (Å²) in [6.45, 7) is 2.96. The molecule has 0 aliphatic carbocycles. The first-order valence-electron chi connectivity index (χ1n) is 7.89. The summed E-state index contributed by atoms with van der Waals surface area (Å²) >= 11 is 1.45. The van der Waals surface area contributed by atoms with Crippen LogP contribution < -0.4 is 5.32 Å². The fourth-order valence-corrected chi connectivity index (χ4v) is 4.35. The molecule has 0 bridgehead atoms. The maximum Gasteiger partial charge on any atom is 0.243 e. The van der Waals surface area contributed by atoms with Crippen LogP contribution in [0.25, 0.3) is 0 Å². The number of anilines is 1. The molecule has 1 aromatic rings. The fourth-order valence-electron chi connectivity index (χ4n) is 2.52. The highest BCUT2D eigenvalue weighted by atomic mass is 32.2. The number of carbonyl (C=O) groups is 1. The predicted molar refractivity (Wildman–Crippen MR) is 95.3 cm³/mol. The van der Waals surface area contributed by atoms with Crippen LogP contribution in [0.1, 0.15) is 32.6 Å². The maximum atomic E-state index is 12.8. The third-order valence-electron chi connectivity index (χ3n) is 4.03. The van der Waals surface area contributed by atoms with Crippen LogP contribution in [-0.2, 0) is 14.8 Å². The zero-order valence-electron chi connectivity index (χ0n) is 13.6. The molecular formula is C16H24N2O3S2. The highest BCUT2D eigenvalue weighted by Gasteiger charge is 2.25. The molecule has 128 valence electrons. The van der Waals surface area contributed by atoms with Crippen molar-refractivity contribution in [1.82, 2.24) is 4.31 Å². The number of hydrogen-bond donors (Lipinski definition) is 1. The van der Waals surface area contributed by atoms with Gasteiger partial charge in [-0.1, -0.05) is 18.9 Å². The Morgan fingerprint density at radius 2 is 1.87 bits per heavy atom. The standard InChI is InChI=1S/C16H24N2O3S2/c1-13(22-2)16(19)17-14-8-7-9-15(12-14)23(20,21)18-10-5-3-4-6-11-18/h7-9,12-13H,3-6,10-11H2,1-2H3,(H,17,19). The van der Waals surface area contributed by atoms with Gasteiger partial charge in [-0.15, -0.1) is 0 Å². The molecule has 1 amide bonds. The first-order chi connectivity index (χ1) is 10.9. The SMILES string of the molecule is CSC(C)C(=O)Nc1cccc(S(=O)(=O)N2CCCCCC2)c1. The van der Waals surface area contributed by atoms with Crippen LogP contribution in [0.3, 0.4) is 0 Å². The lowest BCUT2D eigenvalue weighted by molar-refractivity contribution is -0.115. The molecule has 2 rings (SSSR count). The van der Waals surface area contributed by atoms with E-state index >= 15 is 0 Å². The number of sulfonamides is 1. The van der Waals surface area contributed by atoms with E-state index in [1.54, 1.807) is 28.6 Å². The lowest BCUT2D eigenvalue weighted by atomic mass is 10.2. The number of amides is 1. The van der Waals surface area contributed by atoms with E-state index < -0.39 is 10.0 Å². The average Bonchev–Trinajstić information content (AvgIpc) is 2.84. The molecule has 0 spiro atoms. The van der Waals surface area contributed by atoms with E-state index in [1.807, 2.05) is 13.2 Å². The monoisotopic (exact) mass is 356 g/mol. The molecule has 5 nitrogen and oxygen atoms in total. The highest BCUT2D eigenvalue weighted by molar-refractivity contribution is 7.99. The highest BCUT2D eigenvalue weighted by Crippen LogP contribution is 2.23. The van der Waals surface area contributed by atoms with Gasteiger partial charge in [0.05, 0.1) is 10.1 Å². The molecule has 1 saturated heterocycles. The topological polar surface area (TPSA) is 66.5 Å². The number of benzene rings is 1. The molecule has 1 fully saturated rings. The minimum atomic E-state index is -3.49. The summed E-state index contributed by atoms with van der Waals surface area (Å²) in [5.74, 6) is -0.123. The van der Waals surface area contributed by atoms with Crippen molar-refractivity contribution in [2.75, 3.05) is 24.7 Å². The Hall–Kier alpha value is -1.05. The van der Waals surface area contributed by atoms with Gasteiger partial charge in [0.2, 0.25) is 15.9 Å². The van der Waals surface area contributed by atoms with E-state index in [2.05, 4.69) is 5.32 Å². The Morgan fingerprint density at radius 3 is 2.48 bits per heavy atom. The summed E-state index contributed by atoms with van der Waals surface area (Å²) in [4.78, 5) is 12.2. The summed E-state index contributed by atoms with van der Waals surface area (Å²) < 4.78 is 27.1. The normalized spacial score (nSPS) is 18.2. The second-order valence-electron chi connectivity index (χ2n) is 5.71. The molecule has 1 unspecified atom stereocenters. The van der Waals surface area contributed by atoms with Crippen LogP contribution >= 0.6 is 11.8 Å². The van der Waals surface area contributed by atoms with E-state index in [-0.39, 0.29) is 16.1 Å². The first-order valence-corrected chi connectivity index (χ1v) is 10.6. The van der Waals surface area contributed by atoms with Crippen molar-refractivity contribution in [1.29, 1.82) is 0 Å². The van der Waals surface area contributed by atoms with Crippen molar-refractivity contribution in [2.24, 2.45) is 0 Å². The van der Waals surface area contributed by atoms with Crippen LogP contribution in [0.15, 0.2) is 29.2 Å². The molecule has 1 aliphatic rings. The van der Waals surface area contributed by atoms with Gasteiger partial charge >= 0.3 is 0 Å². The zero-order valence-corrected chi connectivity index (χ0v) is 15.3. The van der Waals surface area contributed by atoms with Gasteiger partial charge in [0.15, 0.2) is 0 Å². The lowest BCUT2D eigenvalue weighted by Gasteiger charge is -2.20. The largest absolute Gasteiger partial charge is 0.325 e. The number of nitrogens with zero attached hydrogens (tertiary/aromatic N) is 1. The van der Waals surface area contributed by atoms with Crippen LogP contribution in [-0.4, -0.2) is 43.2 Å². The van der Waals surface area contributed by atoms with Crippen molar-refractivity contribution in [3.05, 3.63) is 24.3 Å². The number of rotatable bonds is 5. The average molecular weight is 357 g/mol. The molecule has 23 heavy (non-hydrogen) atoms. The molecule has 0 aromatic heterocycles. The van der Waals surface area contributed by atoms with Gasteiger partial charge in [0.1, 0.15) is 0 Å². The Bertz CT molecular complexity index is 638. The Balaban J connectivity index is 2.19. The fraction of sp³-hybridized carbons (Fsp3) is 0.562. The Morgan fingerprint density at radius 1 is 1.22 bits per heavy atom. The molecule has 1 N–H and O–H groups in total. The van der Waals surface area contributed by atoms with Gasteiger partial charge < -0.3 is 5.32 Å². The Kier molecular flexibility index (Phi) is 6.50. The van der Waals surface area contributed by atoms with E-state index in [9.17, 15) is 13.2 Å². The maximum absolute atomic E-state index is 12.8. The molecule has 1 aromatic carbocycles. The minimum Gasteiger partial charge on any atom is -0.325 e. The van der Waals surface area contributed by atoms with E-state index in [0.29, 0.717) is 18.8 Å². The van der Waals surface area contributed by atoms with E-state index in [4.69, 9.17) is 0 Å². The minimum absolute atomic E-state index is 0.123. The molecular weight excluding hydrogens is 332 g/mol. The van der Waals surface area contributed by atoms with Crippen molar-refractivity contribution in [2.45, 2.75) is 42.8 Å². The zero-order chi connectivity index (χ0) is 16.9. The van der Waals surface area contributed by atoms with Gasteiger partial charge in [-0.3, -0.25) is 4.79 Å². The summed E-state index contributed by atoms with van der Waals surface area (Å²) in [6.07, 6.45) is 5.83. The van der Waals surface area contributed by atoms with Gasteiger partial charge in [-0.2, -0.15) is 16.1 Å². The lowest BCUT2D eigenvalue weighted by Crippen LogP contribution is -2.32. The van der Waals surface area contributed by atoms with Crippen LogP contribution in [0.5, 0.6) is 0 Å². The predicted octanol–water partition coefficient (Wildman–Crippen LogP) is 2.94. The molecule has 1 aliphatic heterocycles. The molecule has 1 heterocycles. The summed E-state index contributed by atoms with van der Waals surface area (Å²) in [7, 11) is -3.49. The van der Waals surface area contributed by atoms with Gasteiger partial charge in [-0.05, 0) is 44.2 Å². The second-order valence-corrected chi connectivity index (χ2v) is 8.83. The van der Waals surface area contributed by atoms with Crippen LogP contribution in [0.4, 0.5) is 5.69 Å². The van der Waals surface area contributed by atoms with Gasteiger partial charge in [-0.25, -0.2) is 8.42 Å². The smallest absolute Gasteiger partial charge is 0.243 e. The molecule has 7 heteroatoms. The van der Waals surface area contributed by atoms with Crippen molar-refractivity contribution >= 4 is 33.4 Å².